The molecule has 1 aliphatic rings. The van der Waals surface area contributed by atoms with Gasteiger partial charge >= 0.3 is 0 Å². The van der Waals surface area contributed by atoms with E-state index in [-0.39, 0.29) is 11.4 Å². The minimum atomic E-state index is -0.266. The first kappa shape index (κ1) is 12.7. The van der Waals surface area contributed by atoms with Gasteiger partial charge < -0.3 is 15.4 Å². The topological polar surface area (TPSA) is 55.6 Å². The van der Waals surface area contributed by atoms with E-state index in [1.807, 2.05) is 32.0 Å². The number of Topliss-reactive ketones (excluding diaryl/α,β-unsaturated/α-hetero) is 1. The number of hydrogen-bond acceptors (Lipinski definition) is 4. The summed E-state index contributed by atoms with van der Waals surface area (Å²) in [4.78, 5) is 13.3. The zero-order chi connectivity index (χ0) is 13.3. The number of rotatable bonds is 3. The van der Waals surface area contributed by atoms with Crippen LogP contribution in [0, 0.1) is 0 Å². The van der Waals surface area contributed by atoms with E-state index in [4.69, 9.17) is 10.5 Å². The summed E-state index contributed by atoms with van der Waals surface area (Å²) in [7, 11) is 0. The number of nitrogen functional groups attached to an aromatic ring is 1. The molecule has 0 radical (unpaired) electrons. The fraction of sp³-hybridized carbons (Fsp3) is 0.500. The highest BCUT2D eigenvalue weighted by atomic mass is 16.5. The van der Waals surface area contributed by atoms with Crippen LogP contribution in [-0.2, 0) is 4.79 Å². The van der Waals surface area contributed by atoms with Crippen LogP contribution in [-0.4, -0.2) is 24.5 Å². The molecule has 98 valence electrons. The highest BCUT2D eigenvalue weighted by Crippen LogP contribution is 2.40. The first-order valence-electron chi connectivity index (χ1n) is 6.21. The van der Waals surface area contributed by atoms with E-state index in [0.29, 0.717) is 18.7 Å². The number of ether oxygens (including phenoxy) is 1. The Morgan fingerprint density at radius 2 is 2.22 bits per heavy atom. The standard InChI is InChI=1S/C14H20N2O2/c1-10(17)7-8-16-9-14(2,3)18-12-6-4-5-11(15)13(12)16/h4-6H,7-9,15H2,1-3H3. The molecule has 0 atom stereocenters. The number of ketones is 1. The van der Waals surface area contributed by atoms with Gasteiger partial charge in [0.15, 0.2) is 0 Å². The van der Waals surface area contributed by atoms with Crippen molar-refractivity contribution in [2.75, 3.05) is 23.7 Å². The lowest BCUT2D eigenvalue weighted by Gasteiger charge is -2.41. The van der Waals surface area contributed by atoms with Crippen LogP contribution in [0.25, 0.3) is 0 Å². The van der Waals surface area contributed by atoms with Crippen molar-refractivity contribution in [2.24, 2.45) is 0 Å². The Morgan fingerprint density at radius 1 is 1.50 bits per heavy atom. The van der Waals surface area contributed by atoms with Gasteiger partial charge in [-0.2, -0.15) is 0 Å². The average Bonchev–Trinajstić information content (AvgIpc) is 2.24. The first-order valence-corrected chi connectivity index (χ1v) is 6.21. The number of carbonyl (C=O) groups is 1. The molecule has 0 saturated heterocycles. The van der Waals surface area contributed by atoms with Crippen molar-refractivity contribution in [3.63, 3.8) is 0 Å². The maximum absolute atomic E-state index is 11.2. The van der Waals surface area contributed by atoms with Gasteiger partial charge in [-0.1, -0.05) is 6.07 Å². The predicted octanol–water partition coefficient (Wildman–Crippen LogP) is 2.23. The van der Waals surface area contributed by atoms with Crippen molar-refractivity contribution in [1.29, 1.82) is 0 Å². The van der Waals surface area contributed by atoms with Crippen molar-refractivity contribution in [3.8, 4) is 5.75 Å². The van der Waals surface area contributed by atoms with Gasteiger partial charge in [0.05, 0.1) is 12.2 Å². The van der Waals surface area contributed by atoms with Crippen LogP contribution in [0.15, 0.2) is 18.2 Å². The summed E-state index contributed by atoms with van der Waals surface area (Å²) < 4.78 is 5.93. The number of anilines is 2. The minimum Gasteiger partial charge on any atom is -0.484 e. The summed E-state index contributed by atoms with van der Waals surface area (Å²) >= 11 is 0. The third-order valence-corrected chi connectivity index (χ3v) is 3.04. The van der Waals surface area contributed by atoms with Crippen LogP contribution in [0.5, 0.6) is 5.75 Å². The highest BCUT2D eigenvalue weighted by molar-refractivity contribution is 5.79. The quantitative estimate of drug-likeness (QED) is 0.833. The maximum atomic E-state index is 11.2. The number of fused-ring (bicyclic) bond motifs is 1. The molecule has 0 unspecified atom stereocenters. The van der Waals surface area contributed by atoms with Gasteiger partial charge in [-0.05, 0) is 32.9 Å². The zero-order valence-corrected chi connectivity index (χ0v) is 11.2. The Morgan fingerprint density at radius 3 is 2.89 bits per heavy atom. The lowest BCUT2D eigenvalue weighted by Crippen LogP contribution is -2.47. The van der Waals surface area contributed by atoms with Crippen LogP contribution < -0.4 is 15.4 Å². The van der Waals surface area contributed by atoms with Gasteiger partial charge in [-0.15, -0.1) is 0 Å². The van der Waals surface area contributed by atoms with E-state index in [0.717, 1.165) is 18.0 Å². The fourth-order valence-electron chi connectivity index (χ4n) is 2.31. The lowest BCUT2D eigenvalue weighted by atomic mass is 10.0. The van der Waals surface area contributed by atoms with Crippen molar-refractivity contribution in [1.82, 2.24) is 0 Å². The summed E-state index contributed by atoms with van der Waals surface area (Å²) in [5.41, 5.74) is 7.37. The van der Waals surface area contributed by atoms with E-state index in [1.54, 1.807) is 6.92 Å². The Hall–Kier alpha value is -1.71. The molecule has 0 saturated carbocycles. The Labute approximate surface area is 108 Å². The van der Waals surface area contributed by atoms with Gasteiger partial charge in [0.1, 0.15) is 22.8 Å². The smallest absolute Gasteiger partial charge is 0.145 e. The monoisotopic (exact) mass is 248 g/mol. The summed E-state index contributed by atoms with van der Waals surface area (Å²) in [5, 5.41) is 0. The van der Waals surface area contributed by atoms with Gasteiger partial charge in [-0.25, -0.2) is 0 Å². The van der Waals surface area contributed by atoms with Crippen LogP contribution >= 0.6 is 0 Å². The molecule has 0 aliphatic carbocycles. The third kappa shape index (κ3) is 2.58. The van der Waals surface area contributed by atoms with Crippen LogP contribution in [0.1, 0.15) is 27.2 Å². The fourth-order valence-corrected chi connectivity index (χ4v) is 2.31. The van der Waals surface area contributed by atoms with Gasteiger partial charge in [0.2, 0.25) is 0 Å². The normalized spacial score (nSPS) is 16.9. The number of nitrogens with zero attached hydrogens (tertiary/aromatic N) is 1. The van der Waals surface area contributed by atoms with E-state index in [9.17, 15) is 4.79 Å². The van der Waals surface area contributed by atoms with Gasteiger partial charge in [0.25, 0.3) is 0 Å². The molecule has 4 nitrogen and oxygen atoms in total. The molecule has 18 heavy (non-hydrogen) atoms. The number of nitrogens with two attached hydrogens (primary N) is 1. The summed E-state index contributed by atoms with van der Waals surface area (Å²) in [6.07, 6.45) is 0.532. The average molecular weight is 248 g/mol. The van der Waals surface area contributed by atoms with E-state index >= 15 is 0 Å². The number of benzene rings is 1. The number of hydrogen-bond donors (Lipinski definition) is 1. The second kappa shape index (κ2) is 4.52. The Balaban J connectivity index is 2.32. The summed E-state index contributed by atoms with van der Waals surface area (Å²) in [5.74, 6) is 0.991. The molecule has 2 N–H and O–H groups in total. The maximum Gasteiger partial charge on any atom is 0.145 e. The first-order chi connectivity index (χ1) is 8.39. The van der Waals surface area contributed by atoms with E-state index in [2.05, 4.69) is 4.90 Å². The molecular weight excluding hydrogens is 228 g/mol. The van der Waals surface area contributed by atoms with Gasteiger partial charge in [-0.3, -0.25) is 4.79 Å². The molecule has 1 heterocycles. The third-order valence-electron chi connectivity index (χ3n) is 3.04. The molecular formula is C14H20N2O2. The highest BCUT2D eigenvalue weighted by Gasteiger charge is 2.32. The molecule has 4 heteroatoms. The predicted molar refractivity (Wildman–Crippen MR) is 73.1 cm³/mol. The van der Waals surface area contributed by atoms with Crippen LogP contribution in [0.4, 0.5) is 11.4 Å². The SMILES string of the molecule is CC(=O)CCN1CC(C)(C)Oc2cccc(N)c21. The molecule has 1 aliphatic heterocycles. The molecule has 0 amide bonds. The van der Waals surface area contributed by atoms with Crippen molar-refractivity contribution < 1.29 is 9.53 Å². The van der Waals surface area contributed by atoms with Crippen molar-refractivity contribution in [2.45, 2.75) is 32.8 Å². The molecule has 1 aromatic carbocycles. The summed E-state index contributed by atoms with van der Waals surface area (Å²) in [6, 6.07) is 5.67. The molecule has 2 rings (SSSR count). The Kier molecular flexibility index (Phi) is 3.20. The molecule has 0 aromatic heterocycles. The Bertz CT molecular complexity index is 469. The van der Waals surface area contributed by atoms with E-state index < -0.39 is 0 Å². The molecule has 0 spiro atoms. The van der Waals surface area contributed by atoms with Crippen LogP contribution in [0.2, 0.25) is 0 Å². The second-order valence-electron chi connectivity index (χ2n) is 5.43. The van der Waals surface area contributed by atoms with Crippen LogP contribution in [0.3, 0.4) is 0 Å². The van der Waals surface area contributed by atoms with Crippen molar-refractivity contribution in [3.05, 3.63) is 18.2 Å². The van der Waals surface area contributed by atoms with E-state index in [1.165, 1.54) is 0 Å². The van der Waals surface area contributed by atoms with Gasteiger partial charge in [0, 0.05) is 13.0 Å². The molecule has 0 bridgehead atoms. The molecule has 1 aromatic rings. The largest absolute Gasteiger partial charge is 0.484 e. The molecule has 0 fully saturated rings. The summed E-state index contributed by atoms with van der Waals surface area (Å²) in [6.45, 7) is 7.12. The minimum absolute atomic E-state index is 0.190. The second-order valence-corrected chi connectivity index (χ2v) is 5.43. The number of carbonyl (C=O) groups excluding carboxylic acids is 1. The number of para-hydroxylation sites is 1. The van der Waals surface area contributed by atoms with Crippen molar-refractivity contribution >= 4 is 17.2 Å². The lowest BCUT2D eigenvalue weighted by molar-refractivity contribution is -0.116. The zero-order valence-electron chi connectivity index (χ0n) is 11.2.